The molecule has 13 heteroatoms. The van der Waals surface area contributed by atoms with Gasteiger partial charge in [-0.15, -0.1) is 0 Å². The number of hydrazone groups is 1. The molecule has 0 aliphatic carbocycles. The number of methoxy groups -OCH3 is 1. The van der Waals surface area contributed by atoms with Gasteiger partial charge in [0.25, 0.3) is 15.7 Å². The number of para-hydroxylation sites is 2. The summed E-state index contributed by atoms with van der Waals surface area (Å²) in [5.41, 5.74) is 2.69. The van der Waals surface area contributed by atoms with E-state index in [-0.39, 0.29) is 22.9 Å². The Labute approximate surface area is 193 Å². The Hall–Kier alpha value is -4.26. The summed E-state index contributed by atoms with van der Waals surface area (Å²) in [6, 6.07) is 15.0. The van der Waals surface area contributed by atoms with Crippen molar-refractivity contribution in [3.63, 3.8) is 0 Å². The van der Waals surface area contributed by atoms with Gasteiger partial charge in [0.1, 0.15) is 16.4 Å². The summed E-state index contributed by atoms with van der Waals surface area (Å²) in [7, 11) is -2.93. The first-order valence-corrected chi connectivity index (χ1v) is 11.0. The molecule has 0 amide bonds. The van der Waals surface area contributed by atoms with Crippen LogP contribution in [0.3, 0.4) is 0 Å². The number of nitro groups is 1. The van der Waals surface area contributed by atoms with Crippen molar-refractivity contribution in [2.45, 2.75) is 11.5 Å². The molecule has 0 fully saturated rings. The number of non-ortho nitro benzene ring substituents is 1. The van der Waals surface area contributed by atoms with Gasteiger partial charge in [0.05, 0.1) is 29.6 Å². The third-order valence-electron chi connectivity index (χ3n) is 4.32. The molecule has 0 aromatic heterocycles. The minimum Gasteiger partial charge on any atom is -0.495 e. The highest BCUT2D eigenvalue weighted by Crippen LogP contribution is 2.31. The molecule has 0 saturated carbocycles. The van der Waals surface area contributed by atoms with E-state index in [4.69, 9.17) is 4.74 Å². The summed E-state index contributed by atoms with van der Waals surface area (Å²) in [4.78, 5) is 10.1. The molecule has 3 rings (SSSR count). The van der Waals surface area contributed by atoms with Gasteiger partial charge in [0.2, 0.25) is 0 Å². The predicted molar refractivity (Wildman–Crippen MR) is 121 cm³/mol. The molecule has 3 aromatic carbocycles. The van der Waals surface area contributed by atoms with Crippen molar-refractivity contribution in [3.05, 3.63) is 82.4 Å². The van der Waals surface area contributed by atoms with Gasteiger partial charge in [-0.3, -0.25) is 20.3 Å². The summed E-state index contributed by atoms with van der Waals surface area (Å²) in [5, 5.41) is 15.1. The van der Waals surface area contributed by atoms with Crippen molar-refractivity contribution in [1.29, 1.82) is 0 Å². The zero-order valence-electron chi connectivity index (χ0n) is 17.5. The van der Waals surface area contributed by atoms with E-state index in [0.29, 0.717) is 5.56 Å². The number of nitrogens with one attached hydrogen (secondary N) is 2. The lowest BCUT2D eigenvalue weighted by atomic mass is 10.2. The number of alkyl halides is 2. The fourth-order valence-electron chi connectivity index (χ4n) is 2.78. The summed E-state index contributed by atoms with van der Waals surface area (Å²) in [6.07, 6.45) is 1.30. The Bertz CT molecular complexity index is 1300. The van der Waals surface area contributed by atoms with E-state index in [1.807, 2.05) is 0 Å². The molecule has 0 spiro atoms. The zero-order valence-corrected chi connectivity index (χ0v) is 18.3. The van der Waals surface area contributed by atoms with Crippen LogP contribution < -0.4 is 19.6 Å². The van der Waals surface area contributed by atoms with Gasteiger partial charge in [-0.2, -0.15) is 13.9 Å². The molecule has 0 unspecified atom stereocenters. The second-order valence-electron chi connectivity index (χ2n) is 6.56. The molecule has 0 aliphatic heterocycles. The topological polar surface area (TPSA) is 132 Å². The maximum Gasteiger partial charge on any atom is 0.387 e. The van der Waals surface area contributed by atoms with Gasteiger partial charge in [-0.25, -0.2) is 8.42 Å². The molecule has 178 valence electrons. The van der Waals surface area contributed by atoms with E-state index in [1.54, 1.807) is 18.2 Å². The molecular formula is C21H18F2N4O6S. The standard InChI is InChI=1S/C21H18F2N4O6S/c1-32-19-5-3-2-4-17(19)26-34(30,31)20-12-15(27(28)29)8-11-18(20)25-24-13-14-6-9-16(10-7-14)33-21(22)23/h2-13,21,25-26H,1H3/b24-13-. The van der Waals surface area contributed by atoms with Crippen molar-refractivity contribution in [1.82, 2.24) is 0 Å². The summed E-state index contributed by atoms with van der Waals surface area (Å²) in [5.74, 6) is 0.217. The van der Waals surface area contributed by atoms with Crippen molar-refractivity contribution < 1.29 is 31.6 Å². The van der Waals surface area contributed by atoms with Gasteiger partial charge in [-0.05, 0) is 48.0 Å². The molecule has 2 N–H and O–H groups in total. The number of ether oxygens (including phenoxy) is 2. The van der Waals surface area contributed by atoms with E-state index in [2.05, 4.69) is 20.0 Å². The van der Waals surface area contributed by atoms with Crippen LogP contribution in [0.15, 0.2) is 76.7 Å². The number of nitro benzene ring substituents is 1. The number of halogens is 2. The first-order valence-electron chi connectivity index (χ1n) is 9.48. The average Bonchev–Trinajstić information content (AvgIpc) is 2.80. The summed E-state index contributed by atoms with van der Waals surface area (Å²) < 4.78 is 62.4. The maximum atomic E-state index is 13.1. The van der Waals surface area contributed by atoms with Gasteiger partial charge < -0.3 is 9.47 Å². The number of anilines is 2. The van der Waals surface area contributed by atoms with Gasteiger partial charge in [-0.1, -0.05) is 12.1 Å². The first-order chi connectivity index (χ1) is 16.2. The van der Waals surface area contributed by atoms with Crippen LogP contribution in [0.2, 0.25) is 0 Å². The Morgan fingerprint density at radius 2 is 1.76 bits per heavy atom. The fourth-order valence-corrected chi connectivity index (χ4v) is 4.03. The quantitative estimate of drug-likeness (QED) is 0.243. The molecule has 0 atom stereocenters. The minimum absolute atomic E-state index is 0.0359. The fraction of sp³-hybridized carbons (Fsp3) is 0.0952. The van der Waals surface area contributed by atoms with Crippen molar-refractivity contribution in [3.8, 4) is 11.5 Å². The van der Waals surface area contributed by atoms with Crippen molar-refractivity contribution in [2.75, 3.05) is 17.3 Å². The first kappa shape index (κ1) is 24.4. The van der Waals surface area contributed by atoms with Crippen LogP contribution in [0.1, 0.15) is 5.56 Å². The zero-order chi connectivity index (χ0) is 24.7. The number of benzene rings is 3. The lowest BCUT2D eigenvalue weighted by Crippen LogP contribution is -2.15. The van der Waals surface area contributed by atoms with Crippen LogP contribution >= 0.6 is 0 Å². The van der Waals surface area contributed by atoms with Crippen molar-refractivity contribution >= 4 is 33.3 Å². The highest BCUT2D eigenvalue weighted by atomic mass is 32.2. The molecule has 3 aromatic rings. The molecule has 0 bridgehead atoms. The Morgan fingerprint density at radius 1 is 1.06 bits per heavy atom. The number of hydrogen-bond acceptors (Lipinski definition) is 8. The van der Waals surface area contributed by atoms with Crippen LogP contribution in [-0.4, -0.2) is 33.3 Å². The predicted octanol–water partition coefficient (Wildman–Crippen LogP) is 4.45. The smallest absolute Gasteiger partial charge is 0.387 e. The van der Waals surface area contributed by atoms with Gasteiger partial charge >= 0.3 is 6.61 Å². The number of nitrogens with zero attached hydrogens (tertiary/aromatic N) is 2. The highest BCUT2D eigenvalue weighted by molar-refractivity contribution is 7.93. The normalized spacial score (nSPS) is 11.4. The SMILES string of the molecule is COc1ccccc1NS(=O)(=O)c1cc([N+](=O)[O-])ccc1N/N=C\c1ccc(OC(F)F)cc1. The number of rotatable bonds is 10. The largest absolute Gasteiger partial charge is 0.495 e. The molecule has 34 heavy (non-hydrogen) atoms. The number of hydrogen-bond donors (Lipinski definition) is 2. The van der Waals surface area contributed by atoms with Gasteiger partial charge in [0.15, 0.2) is 0 Å². The molecule has 0 radical (unpaired) electrons. The van der Waals surface area contributed by atoms with Crippen LogP contribution in [0, 0.1) is 10.1 Å². The van der Waals surface area contributed by atoms with Gasteiger partial charge in [0, 0.05) is 12.1 Å². The average molecular weight is 492 g/mol. The van der Waals surface area contributed by atoms with E-state index in [1.165, 1.54) is 49.7 Å². The molecule has 10 nitrogen and oxygen atoms in total. The molecular weight excluding hydrogens is 474 g/mol. The monoisotopic (exact) mass is 492 g/mol. The molecule has 0 saturated heterocycles. The molecule has 0 aliphatic rings. The maximum absolute atomic E-state index is 13.1. The van der Waals surface area contributed by atoms with Crippen molar-refractivity contribution in [2.24, 2.45) is 5.10 Å². The van der Waals surface area contributed by atoms with E-state index in [0.717, 1.165) is 12.1 Å². The Balaban J connectivity index is 1.88. The highest BCUT2D eigenvalue weighted by Gasteiger charge is 2.23. The second-order valence-corrected chi connectivity index (χ2v) is 8.21. The third-order valence-corrected chi connectivity index (χ3v) is 5.73. The van der Waals surface area contributed by atoms with E-state index in [9.17, 15) is 27.3 Å². The molecule has 0 heterocycles. The number of sulfonamides is 1. The van der Waals surface area contributed by atoms with Crippen LogP contribution in [0.25, 0.3) is 0 Å². The lowest BCUT2D eigenvalue weighted by molar-refractivity contribution is -0.385. The Morgan fingerprint density at radius 3 is 2.41 bits per heavy atom. The third kappa shape index (κ3) is 6.16. The lowest BCUT2D eigenvalue weighted by Gasteiger charge is -2.14. The summed E-state index contributed by atoms with van der Waals surface area (Å²) >= 11 is 0. The van der Waals surface area contributed by atoms with Crippen LogP contribution in [-0.2, 0) is 10.0 Å². The van der Waals surface area contributed by atoms with Crippen LogP contribution in [0.5, 0.6) is 11.5 Å². The minimum atomic E-state index is -4.30. The second kappa shape index (κ2) is 10.6. The van der Waals surface area contributed by atoms with E-state index < -0.39 is 32.1 Å². The summed E-state index contributed by atoms with van der Waals surface area (Å²) in [6.45, 7) is -2.95. The van der Waals surface area contributed by atoms with Crippen LogP contribution in [0.4, 0.5) is 25.8 Å². The van der Waals surface area contributed by atoms with E-state index >= 15 is 0 Å². The Kier molecular flexibility index (Phi) is 7.58.